The van der Waals surface area contributed by atoms with E-state index in [1.807, 2.05) is 24.3 Å². The number of hydrogen-bond donors (Lipinski definition) is 3. The van der Waals surface area contributed by atoms with Crippen LogP contribution in [0.4, 0.5) is 4.79 Å². The third kappa shape index (κ3) is 5.72. The van der Waals surface area contributed by atoms with Crippen LogP contribution in [0.5, 0.6) is 5.75 Å². The molecule has 6 nitrogen and oxygen atoms in total. The first kappa shape index (κ1) is 19.2. The minimum absolute atomic E-state index is 0.170. The maximum atomic E-state index is 12.0. The SMILES string of the molecule is O=C(NCCNC(=O)c1cccc(Br)c1)NCC1COc2ccccc2C1. The summed E-state index contributed by atoms with van der Waals surface area (Å²) in [5.41, 5.74) is 1.75. The van der Waals surface area contributed by atoms with Crippen LogP contribution in [0, 0.1) is 5.92 Å². The van der Waals surface area contributed by atoms with Gasteiger partial charge in [0.2, 0.25) is 0 Å². The van der Waals surface area contributed by atoms with Crippen molar-refractivity contribution in [2.75, 3.05) is 26.2 Å². The first-order valence-electron chi connectivity index (χ1n) is 8.88. The molecule has 0 aliphatic carbocycles. The van der Waals surface area contributed by atoms with E-state index < -0.39 is 0 Å². The summed E-state index contributed by atoms with van der Waals surface area (Å²) in [6.45, 7) is 1.86. The zero-order chi connectivity index (χ0) is 19.1. The highest BCUT2D eigenvalue weighted by atomic mass is 79.9. The molecule has 2 aromatic carbocycles. The Hall–Kier alpha value is -2.54. The van der Waals surface area contributed by atoms with E-state index in [2.05, 4.69) is 37.9 Å². The number of carbonyl (C=O) groups is 2. The Kier molecular flexibility index (Phi) is 6.70. The Bertz CT molecular complexity index is 813. The largest absolute Gasteiger partial charge is 0.493 e. The molecule has 1 aliphatic rings. The Morgan fingerprint density at radius 3 is 2.70 bits per heavy atom. The molecule has 7 heteroatoms. The number of carbonyl (C=O) groups excluding carboxylic acids is 2. The molecular formula is C20H22BrN3O3. The van der Waals surface area contributed by atoms with E-state index in [1.54, 1.807) is 18.2 Å². The van der Waals surface area contributed by atoms with Gasteiger partial charge in [-0.2, -0.15) is 0 Å². The second-order valence-corrected chi connectivity index (χ2v) is 7.31. The lowest BCUT2D eigenvalue weighted by atomic mass is 9.97. The molecule has 1 aliphatic heterocycles. The fourth-order valence-electron chi connectivity index (χ4n) is 2.91. The van der Waals surface area contributed by atoms with E-state index in [0.29, 0.717) is 31.8 Å². The lowest BCUT2D eigenvalue weighted by Gasteiger charge is -2.25. The van der Waals surface area contributed by atoms with Gasteiger partial charge in [0.1, 0.15) is 5.75 Å². The van der Waals surface area contributed by atoms with Gasteiger partial charge in [-0.3, -0.25) is 4.79 Å². The van der Waals surface area contributed by atoms with Gasteiger partial charge >= 0.3 is 6.03 Å². The predicted molar refractivity (Wildman–Crippen MR) is 107 cm³/mol. The van der Waals surface area contributed by atoms with Crippen LogP contribution in [-0.2, 0) is 6.42 Å². The first-order chi connectivity index (χ1) is 13.1. The van der Waals surface area contributed by atoms with Crippen LogP contribution in [0.1, 0.15) is 15.9 Å². The Balaban J connectivity index is 1.32. The number of nitrogens with one attached hydrogen (secondary N) is 3. The minimum Gasteiger partial charge on any atom is -0.493 e. The van der Waals surface area contributed by atoms with Crippen LogP contribution < -0.4 is 20.7 Å². The van der Waals surface area contributed by atoms with Crippen molar-refractivity contribution in [1.29, 1.82) is 0 Å². The van der Waals surface area contributed by atoms with Gasteiger partial charge in [-0.15, -0.1) is 0 Å². The zero-order valence-corrected chi connectivity index (χ0v) is 16.4. The predicted octanol–water partition coefficient (Wildman–Crippen LogP) is 2.73. The molecule has 0 saturated heterocycles. The number of benzene rings is 2. The van der Waals surface area contributed by atoms with Crippen LogP contribution in [0.25, 0.3) is 0 Å². The summed E-state index contributed by atoms with van der Waals surface area (Å²) in [5, 5.41) is 8.38. The van der Waals surface area contributed by atoms with Gasteiger partial charge in [-0.25, -0.2) is 4.79 Å². The second-order valence-electron chi connectivity index (χ2n) is 6.39. The molecule has 0 fully saturated rings. The van der Waals surface area contributed by atoms with Gasteiger partial charge in [0, 0.05) is 35.6 Å². The van der Waals surface area contributed by atoms with Gasteiger partial charge in [-0.05, 0) is 36.2 Å². The van der Waals surface area contributed by atoms with Gasteiger partial charge < -0.3 is 20.7 Å². The number of ether oxygens (including phenoxy) is 1. The van der Waals surface area contributed by atoms with Gasteiger partial charge in [0.15, 0.2) is 0 Å². The molecule has 1 heterocycles. The third-order valence-electron chi connectivity index (χ3n) is 4.29. The number of fused-ring (bicyclic) bond motifs is 1. The van der Waals surface area contributed by atoms with Crippen molar-refractivity contribution in [2.24, 2.45) is 5.92 Å². The van der Waals surface area contributed by atoms with E-state index in [4.69, 9.17) is 4.74 Å². The maximum Gasteiger partial charge on any atom is 0.314 e. The van der Waals surface area contributed by atoms with Gasteiger partial charge in [0.05, 0.1) is 6.61 Å². The van der Waals surface area contributed by atoms with Crippen LogP contribution in [-0.4, -0.2) is 38.2 Å². The van der Waals surface area contributed by atoms with Crippen LogP contribution >= 0.6 is 15.9 Å². The Morgan fingerprint density at radius 1 is 1.04 bits per heavy atom. The smallest absolute Gasteiger partial charge is 0.314 e. The molecule has 0 spiro atoms. The molecule has 3 rings (SSSR count). The molecule has 27 heavy (non-hydrogen) atoms. The standard InChI is InChI=1S/C20H22BrN3O3/c21-17-6-3-5-16(11-17)19(25)22-8-9-23-20(26)24-12-14-10-15-4-1-2-7-18(15)27-13-14/h1-7,11,14H,8-10,12-13H2,(H,22,25)(H2,23,24,26). The third-order valence-corrected chi connectivity index (χ3v) is 4.78. The molecule has 142 valence electrons. The van der Waals surface area contributed by atoms with Crippen molar-refractivity contribution in [3.05, 3.63) is 64.1 Å². The summed E-state index contributed by atoms with van der Waals surface area (Å²) >= 11 is 3.34. The molecule has 0 radical (unpaired) electrons. The highest BCUT2D eigenvalue weighted by Crippen LogP contribution is 2.26. The fourth-order valence-corrected chi connectivity index (χ4v) is 3.30. The monoisotopic (exact) mass is 431 g/mol. The average molecular weight is 432 g/mol. The number of halogens is 1. The molecule has 2 aromatic rings. The van der Waals surface area contributed by atoms with E-state index in [-0.39, 0.29) is 17.9 Å². The average Bonchev–Trinajstić information content (AvgIpc) is 2.69. The van der Waals surface area contributed by atoms with Crippen molar-refractivity contribution in [3.63, 3.8) is 0 Å². The molecular weight excluding hydrogens is 410 g/mol. The molecule has 0 saturated carbocycles. The summed E-state index contributed by atoms with van der Waals surface area (Å²) in [4.78, 5) is 23.9. The number of urea groups is 1. The highest BCUT2D eigenvalue weighted by Gasteiger charge is 2.19. The molecule has 3 amide bonds. The molecule has 0 aromatic heterocycles. The Labute approximate surface area is 166 Å². The first-order valence-corrected chi connectivity index (χ1v) is 9.67. The molecule has 0 bridgehead atoms. The van der Waals surface area contributed by atoms with Crippen molar-refractivity contribution in [2.45, 2.75) is 6.42 Å². The summed E-state index contributed by atoms with van der Waals surface area (Å²) in [5.74, 6) is 1.01. The van der Waals surface area contributed by atoms with Crippen molar-refractivity contribution in [1.82, 2.24) is 16.0 Å². The number of rotatable bonds is 6. The molecule has 1 atom stereocenters. The number of hydrogen-bond acceptors (Lipinski definition) is 3. The van der Waals surface area contributed by atoms with E-state index in [0.717, 1.165) is 16.6 Å². The van der Waals surface area contributed by atoms with E-state index in [9.17, 15) is 9.59 Å². The van der Waals surface area contributed by atoms with Crippen molar-refractivity contribution < 1.29 is 14.3 Å². The Morgan fingerprint density at radius 2 is 1.85 bits per heavy atom. The highest BCUT2D eigenvalue weighted by molar-refractivity contribution is 9.10. The fraction of sp³-hybridized carbons (Fsp3) is 0.300. The molecule has 1 unspecified atom stereocenters. The van der Waals surface area contributed by atoms with Crippen LogP contribution in [0.2, 0.25) is 0 Å². The van der Waals surface area contributed by atoms with Gasteiger partial charge in [0.25, 0.3) is 5.91 Å². The van der Waals surface area contributed by atoms with Crippen molar-refractivity contribution >= 4 is 27.9 Å². The number of amides is 3. The lowest BCUT2D eigenvalue weighted by Crippen LogP contribution is -2.43. The summed E-state index contributed by atoms with van der Waals surface area (Å²) in [6.07, 6.45) is 0.888. The maximum absolute atomic E-state index is 12.0. The molecule has 3 N–H and O–H groups in total. The van der Waals surface area contributed by atoms with Gasteiger partial charge in [-0.1, -0.05) is 40.2 Å². The van der Waals surface area contributed by atoms with Crippen LogP contribution in [0.15, 0.2) is 53.0 Å². The number of para-hydroxylation sites is 1. The summed E-state index contributed by atoms with van der Waals surface area (Å²) in [7, 11) is 0. The summed E-state index contributed by atoms with van der Waals surface area (Å²) < 4.78 is 6.57. The van der Waals surface area contributed by atoms with Crippen LogP contribution in [0.3, 0.4) is 0 Å². The minimum atomic E-state index is -0.245. The second kappa shape index (κ2) is 9.41. The zero-order valence-electron chi connectivity index (χ0n) is 14.8. The summed E-state index contributed by atoms with van der Waals surface area (Å²) in [6, 6.07) is 14.9. The van der Waals surface area contributed by atoms with E-state index >= 15 is 0 Å². The topological polar surface area (TPSA) is 79.5 Å². The normalized spacial score (nSPS) is 15.2. The lowest BCUT2D eigenvalue weighted by molar-refractivity contribution is 0.0953. The quantitative estimate of drug-likeness (QED) is 0.615. The van der Waals surface area contributed by atoms with E-state index in [1.165, 1.54) is 5.56 Å². The van der Waals surface area contributed by atoms with Crippen molar-refractivity contribution in [3.8, 4) is 5.75 Å².